The fraction of sp³-hybridized carbons (Fsp3) is 0.842. The Bertz CT molecular complexity index is 568. The second kappa shape index (κ2) is 8.35. The number of ether oxygens (including phenoxy) is 1. The van der Waals surface area contributed by atoms with Crippen LogP contribution in [-0.2, 0) is 9.53 Å². The van der Waals surface area contributed by atoms with E-state index in [1.807, 2.05) is 25.7 Å². The molecule has 1 aliphatic carbocycles. The van der Waals surface area contributed by atoms with E-state index in [1.165, 1.54) is 0 Å². The van der Waals surface area contributed by atoms with Crippen LogP contribution in [0.5, 0.6) is 0 Å². The summed E-state index contributed by atoms with van der Waals surface area (Å²) in [4.78, 5) is 34.7. The number of piperazine rings is 1. The molecule has 2 rings (SSSR count). The fourth-order valence-electron chi connectivity index (χ4n) is 3.74. The summed E-state index contributed by atoms with van der Waals surface area (Å²) in [5.41, 5.74) is 5.29. The third-order valence-corrected chi connectivity index (χ3v) is 5.22. The minimum absolute atomic E-state index is 0.145. The van der Waals surface area contributed by atoms with Gasteiger partial charge in [-0.2, -0.15) is 0 Å². The van der Waals surface area contributed by atoms with E-state index in [2.05, 4.69) is 4.99 Å². The van der Waals surface area contributed by atoms with Crippen molar-refractivity contribution < 1.29 is 14.3 Å². The molecule has 8 nitrogen and oxygen atoms in total. The van der Waals surface area contributed by atoms with Crippen molar-refractivity contribution in [3.8, 4) is 0 Å². The number of nitrogens with zero attached hydrogens (tertiary/aromatic N) is 4. The van der Waals surface area contributed by atoms with Gasteiger partial charge < -0.3 is 25.2 Å². The quantitative estimate of drug-likeness (QED) is 0.591. The number of aliphatic imine (C=N–C) groups is 1. The molecule has 1 saturated carbocycles. The zero-order valence-corrected chi connectivity index (χ0v) is 17.5. The summed E-state index contributed by atoms with van der Waals surface area (Å²) in [5, 5.41) is 0. The van der Waals surface area contributed by atoms with Gasteiger partial charge in [0.2, 0.25) is 5.91 Å². The van der Waals surface area contributed by atoms with Crippen molar-refractivity contribution >= 4 is 18.0 Å². The summed E-state index contributed by atoms with van der Waals surface area (Å²) < 4.78 is 5.41. The van der Waals surface area contributed by atoms with E-state index >= 15 is 0 Å². The van der Waals surface area contributed by atoms with E-state index in [9.17, 15) is 9.59 Å². The van der Waals surface area contributed by atoms with Crippen LogP contribution in [-0.4, -0.2) is 85.1 Å². The van der Waals surface area contributed by atoms with Gasteiger partial charge in [-0.05, 0) is 33.6 Å². The first-order chi connectivity index (χ1) is 12.5. The summed E-state index contributed by atoms with van der Waals surface area (Å²) in [6.07, 6.45) is 3.56. The minimum Gasteiger partial charge on any atom is -0.444 e. The largest absolute Gasteiger partial charge is 0.444 e. The van der Waals surface area contributed by atoms with Gasteiger partial charge in [0.05, 0.1) is 12.0 Å². The summed E-state index contributed by atoms with van der Waals surface area (Å²) in [5.74, 6) is 0.600. The van der Waals surface area contributed by atoms with Crippen molar-refractivity contribution in [3.63, 3.8) is 0 Å². The lowest BCUT2D eigenvalue weighted by Gasteiger charge is -2.36. The zero-order chi connectivity index (χ0) is 20.2. The van der Waals surface area contributed by atoms with Crippen molar-refractivity contribution in [2.75, 3.05) is 46.8 Å². The van der Waals surface area contributed by atoms with E-state index in [0.717, 1.165) is 25.7 Å². The van der Waals surface area contributed by atoms with E-state index in [-0.39, 0.29) is 12.0 Å². The highest BCUT2D eigenvalue weighted by Crippen LogP contribution is 2.39. The molecule has 8 heteroatoms. The first-order valence-electron chi connectivity index (χ1n) is 9.79. The van der Waals surface area contributed by atoms with Crippen LogP contribution in [0.15, 0.2) is 4.99 Å². The van der Waals surface area contributed by atoms with Gasteiger partial charge in [-0.15, -0.1) is 0 Å². The average molecular weight is 382 g/mol. The van der Waals surface area contributed by atoms with Crippen LogP contribution in [0, 0.1) is 5.41 Å². The number of guanidine groups is 1. The first kappa shape index (κ1) is 21.3. The highest BCUT2D eigenvalue weighted by atomic mass is 16.6. The van der Waals surface area contributed by atoms with Crippen LogP contribution in [0.1, 0.15) is 46.5 Å². The first-order valence-corrected chi connectivity index (χ1v) is 9.79. The molecular weight excluding hydrogens is 346 g/mol. The molecule has 2 amide bonds. The molecule has 154 valence electrons. The van der Waals surface area contributed by atoms with Crippen molar-refractivity contribution in [2.45, 2.75) is 52.1 Å². The van der Waals surface area contributed by atoms with Gasteiger partial charge in [-0.25, -0.2) is 4.79 Å². The lowest BCUT2D eigenvalue weighted by molar-refractivity contribution is -0.138. The maximum Gasteiger partial charge on any atom is 0.410 e. The van der Waals surface area contributed by atoms with Gasteiger partial charge in [0.15, 0.2) is 5.96 Å². The molecule has 1 heterocycles. The molecule has 0 atom stereocenters. The lowest BCUT2D eigenvalue weighted by Crippen LogP contribution is -2.53. The van der Waals surface area contributed by atoms with Gasteiger partial charge >= 0.3 is 6.09 Å². The van der Waals surface area contributed by atoms with Crippen LogP contribution in [0.4, 0.5) is 4.79 Å². The Balaban J connectivity index is 1.92. The predicted molar refractivity (Wildman–Crippen MR) is 105 cm³/mol. The molecule has 27 heavy (non-hydrogen) atoms. The van der Waals surface area contributed by atoms with Gasteiger partial charge in [-0.1, -0.05) is 12.8 Å². The molecule has 2 N–H and O–H groups in total. The van der Waals surface area contributed by atoms with Crippen molar-refractivity contribution in [1.82, 2.24) is 14.7 Å². The maximum absolute atomic E-state index is 12.6. The number of nitrogens with two attached hydrogens (primary N) is 1. The van der Waals surface area contributed by atoms with Crippen molar-refractivity contribution in [2.24, 2.45) is 16.1 Å². The number of hydrogen-bond acceptors (Lipinski definition) is 4. The third-order valence-electron chi connectivity index (χ3n) is 5.22. The molecule has 0 spiro atoms. The fourth-order valence-corrected chi connectivity index (χ4v) is 3.74. The zero-order valence-electron chi connectivity index (χ0n) is 17.5. The van der Waals surface area contributed by atoms with Gasteiger partial charge in [0, 0.05) is 40.3 Å². The van der Waals surface area contributed by atoms with Crippen LogP contribution in [0.3, 0.4) is 0 Å². The highest BCUT2D eigenvalue weighted by molar-refractivity contribution is 5.84. The molecule has 0 radical (unpaired) electrons. The second-order valence-corrected chi connectivity index (χ2v) is 8.82. The Morgan fingerprint density at radius 3 is 2.07 bits per heavy atom. The monoisotopic (exact) mass is 381 g/mol. The molecule has 0 unspecified atom stereocenters. The minimum atomic E-state index is -0.497. The summed E-state index contributed by atoms with van der Waals surface area (Å²) in [6.45, 7) is 8.34. The summed E-state index contributed by atoms with van der Waals surface area (Å²) in [6, 6.07) is 0. The molecular formula is C19H35N5O3. The number of carbonyl (C=O) groups is 2. The topological polar surface area (TPSA) is 91.5 Å². The van der Waals surface area contributed by atoms with Crippen LogP contribution < -0.4 is 5.73 Å². The molecule has 1 aliphatic heterocycles. The smallest absolute Gasteiger partial charge is 0.410 e. The van der Waals surface area contributed by atoms with Gasteiger partial charge in [0.1, 0.15) is 5.60 Å². The number of carbonyl (C=O) groups excluding carboxylic acids is 2. The van der Waals surface area contributed by atoms with Crippen molar-refractivity contribution in [3.05, 3.63) is 0 Å². The van der Waals surface area contributed by atoms with Crippen LogP contribution in [0.25, 0.3) is 0 Å². The standard InChI is InChI=1S/C19H35N5O3/c1-18(2,3)27-17(26)24-12-10-23(11-13-24)16(20)21-14-19(8-6-7-9-19)15(25)22(4)5/h6-14H2,1-5H3,(H2,20,21). The van der Waals surface area contributed by atoms with Crippen molar-refractivity contribution in [1.29, 1.82) is 0 Å². The van der Waals surface area contributed by atoms with Crippen LogP contribution in [0.2, 0.25) is 0 Å². The Labute approximate surface area is 162 Å². The highest BCUT2D eigenvalue weighted by Gasteiger charge is 2.42. The van der Waals surface area contributed by atoms with Gasteiger partial charge in [0.25, 0.3) is 0 Å². The Kier molecular flexibility index (Phi) is 6.59. The molecule has 0 aromatic heterocycles. The number of amides is 2. The molecule has 0 aromatic carbocycles. The van der Waals surface area contributed by atoms with E-state index in [0.29, 0.717) is 38.7 Å². The van der Waals surface area contributed by atoms with Crippen LogP contribution >= 0.6 is 0 Å². The normalized spacial score (nSPS) is 20.6. The second-order valence-electron chi connectivity index (χ2n) is 8.82. The Hall–Kier alpha value is -1.99. The molecule has 2 fully saturated rings. The van der Waals surface area contributed by atoms with Gasteiger partial charge in [-0.3, -0.25) is 9.79 Å². The Morgan fingerprint density at radius 2 is 1.59 bits per heavy atom. The number of hydrogen-bond donors (Lipinski definition) is 1. The number of rotatable bonds is 3. The third kappa shape index (κ3) is 5.49. The molecule has 2 aliphatic rings. The predicted octanol–water partition coefficient (Wildman–Crippen LogP) is 1.50. The molecule has 0 aromatic rings. The molecule has 1 saturated heterocycles. The van der Waals surface area contributed by atoms with E-state index < -0.39 is 11.0 Å². The lowest BCUT2D eigenvalue weighted by atomic mass is 9.85. The SMILES string of the molecule is CN(C)C(=O)C1(CN=C(N)N2CCN(C(=O)OC(C)(C)C)CC2)CCCC1. The molecule has 0 bridgehead atoms. The average Bonchev–Trinajstić information content (AvgIpc) is 3.07. The van der Waals surface area contributed by atoms with E-state index in [4.69, 9.17) is 10.5 Å². The summed E-state index contributed by atoms with van der Waals surface area (Å²) in [7, 11) is 3.59. The summed E-state index contributed by atoms with van der Waals surface area (Å²) >= 11 is 0. The van der Waals surface area contributed by atoms with E-state index in [1.54, 1.807) is 23.9 Å². The Morgan fingerprint density at radius 1 is 1.07 bits per heavy atom. The maximum atomic E-state index is 12.6.